The van der Waals surface area contributed by atoms with Crippen LogP contribution in [0.3, 0.4) is 0 Å². The molecule has 142 valence electrons. The third kappa shape index (κ3) is 3.99. The number of hydrogen-bond acceptors (Lipinski definition) is 6. The van der Waals surface area contributed by atoms with Crippen LogP contribution in [0, 0.1) is 17.8 Å². The molecule has 1 aliphatic rings. The molecule has 2 aromatic rings. The van der Waals surface area contributed by atoms with Crippen molar-refractivity contribution < 1.29 is 13.3 Å². The normalized spacial score (nSPS) is 16.7. The van der Waals surface area contributed by atoms with E-state index in [0.29, 0.717) is 24.7 Å². The first-order chi connectivity index (χ1) is 12.3. The van der Waals surface area contributed by atoms with Gasteiger partial charge in [-0.25, -0.2) is 8.42 Å². The molecule has 0 saturated carbocycles. The molecule has 1 aliphatic heterocycles. The molecule has 0 aliphatic carbocycles. The summed E-state index contributed by atoms with van der Waals surface area (Å²) >= 11 is 6.78. The van der Waals surface area contributed by atoms with E-state index >= 15 is 0 Å². The Kier molecular flexibility index (Phi) is 5.78. The van der Waals surface area contributed by atoms with Gasteiger partial charge < -0.3 is 10.2 Å². The van der Waals surface area contributed by atoms with Gasteiger partial charge in [0, 0.05) is 7.05 Å². The zero-order valence-corrected chi connectivity index (χ0v) is 17.6. The molecule has 26 heavy (non-hydrogen) atoms. The quantitative estimate of drug-likeness (QED) is 0.711. The standard InChI is InChI=1S/C16H23N5O2S3/c1-12-4-5-14(10-13(12)2)26(22,23)20-8-6-19(7-9-20)11-21-16(24)25-15(17-3)18-21/h4-5,10H,6-9,11H2,1-3H3,(H,17,18)/p+1. The number of quaternary nitrogens is 1. The van der Waals surface area contributed by atoms with E-state index in [0.717, 1.165) is 33.3 Å². The minimum Gasteiger partial charge on any atom is -0.363 e. The highest BCUT2D eigenvalue weighted by Gasteiger charge is 2.30. The fraction of sp³-hybridized carbons (Fsp3) is 0.500. The number of rotatable bonds is 5. The first kappa shape index (κ1) is 19.4. The van der Waals surface area contributed by atoms with Crippen molar-refractivity contribution in [2.75, 3.05) is 38.5 Å². The largest absolute Gasteiger partial charge is 0.363 e. The predicted molar refractivity (Wildman–Crippen MR) is 106 cm³/mol. The molecule has 0 atom stereocenters. The van der Waals surface area contributed by atoms with Gasteiger partial charge in [-0.05, 0) is 49.3 Å². The van der Waals surface area contributed by atoms with Crippen LogP contribution in [0.25, 0.3) is 0 Å². The lowest BCUT2D eigenvalue weighted by Crippen LogP contribution is -3.14. The van der Waals surface area contributed by atoms with Crippen LogP contribution in [-0.2, 0) is 16.7 Å². The smallest absolute Gasteiger partial charge is 0.243 e. The van der Waals surface area contributed by atoms with E-state index < -0.39 is 10.0 Å². The molecule has 0 unspecified atom stereocenters. The highest BCUT2D eigenvalue weighted by Crippen LogP contribution is 2.19. The summed E-state index contributed by atoms with van der Waals surface area (Å²) in [5.74, 6) is 0. The van der Waals surface area contributed by atoms with E-state index in [1.165, 1.54) is 16.2 Å². The summed E-state index contributed by atoms with van der Waals surface area (Å²) in [6.07, 6.45) is 0. The molecule has 0 amide bonds. The van der Waals surface area contributed by atoms with Crippen LogP contribution in [0.1, 0.15) is 11.1 Å². The zero-order valence-electron chi connectivity index (χ0n) is 15.2. The summed E-state index contributed by atoms with van der Waals surface area (Å²) in [6.45, 7) is 7.05. The Morgan fingerprint density at radius 2 is 1.96 bits per heavy atom. The molecule has 3 rings (SSSR count). The van der Waals surface area contributed by atoms with Gasteiger partial charge in [-0.15, -0.1) is 5.10 Å². The number of benzene rings is 1. The third-order valence-corrected chi connectivity index (χ3v) is 7.96. The lowest BCUT2D eigenvalue weighted by molar-refractivity contribution is -0.926. The fourth-order valence-electron chi connectivity index (χ4n) is 2.94. The molecule has 2 N–H and O–H groups in total. The summed E-state index contributed by atoms with van der Waals surface area (Å²) in [5, 5.41) is 8.22. The Bertz CT molecular complexity index is 943. The van der Waals surface area contributed by atoms with Gasteiger partial charge >= 0.3 is 0 Å². The van der Waals surface area contributed by atoms with E-state index in [4.69, 9.17) is 12.2 Å². The SMILES string of the molecule is CNc1nn(C[NH+]2CCN(S(=O)(=O)c3ccc(C)c(C)c3)CC2)c(=S)s1. The van der Waals surface area contributed by atoms with Crippen molar-refractivity contribution in [2.45, 2.75) is 25.4 Å². The third-order valence-electron chi connectivity index (χ3n) is 4.74. The molecular formula is C16H24N5O2S3+. The maximum absolute atomic E-state index is 12.9. The predicted octanol–water partition coefficient (Wildman–Crippen LogP) is 0.880. The van der Waals surface area contributed by atoms with Crippen LogP contribution < -0.4 is 10.2 Å². The zero-order chi connectivity index (χ0) is 18.9. The lowest BCUT2D eigenvalue weighted by Gasteiger charge is -2.31. The van der Waals surface area contributed by atoms with Crippen molar-refractivity contribution in [3.63, 3.8) is 0 Å². The second-order valence-electron chi connectivity index (χ2n) is 6.48. The Morgan fingerprint density at radius 1 is 1.27 bits per heavy atom. The number of nitrogens with one attached hydrogen (secondary N) is 2. The molecule has 0 spiro atoms. The van der Waals surface area contributed by atoms with Crippen LogP contribution in [0.15, 0.2) is 23.1 Å². The Labute approximate surface area is 163 Å². The molecule has 1 aromatic heterocycles. The second kappa shape index (κ2) is 7.73. The molecule has 0 radical (unpaired) electrons. The summed E-state index contributed by atoms with van der Waals surface area (Å²) in [4.78, 5) is 1.66. The first-order valence-electron chi connectivity index (χ1n) is 8.48. The first-order valence-corrected chi connectivity index (χ1v) is 11.1. The van der Waals surface area contributed by atoms with Gasteiger partial charge in [0.15, 0.2) is 10.6 Å². The number of aryl methyl sites for hydroxylation is 2. The number of aromatic nitrogens is 2. The van der Waals surface area contributed by atoms with Gasteiger partial charge in [-0.3, -0.25) is 0 Å². The maximum Gasteiger partial charge on any atom is 0.243 e. The van der Waals surface area contributed by atoms with Crippen LogP contribution in [0.5, 0.6) is 0 Å². The summed E-state index contributed by atoms with van der Waals surface area (Å²) < 4.78 is 29.9. The van der Waals surface area contributed by atoms with E-state index in [1.54, 1.807) is 16.4 Å². The summed E-state index contributed by atoms with van der Waals surface area (Å²) in [7, 11) is -1.62. The number of piperazine rings is 1. The van der Waals surface area contributed by atoms with Crippen molar-refractivity contribution in [3.05, 3.63) is 33.3 Å². The van der Waals surface area contributed by atoms with Gasteiger partial charge in [0.05, 0.1) is 31.1 Å². The molecule has 1 fully saturated rings. The number of anilines is 1. The average molecular weight is 415 g/mol. The van der Waals surface area contributed by atoms with E-state index in [-0.39, 0.29) is 0 Å². The number of sulfonamides is 1. The number of nitrogens with zero attached hydrogens (tertiary/aromatic N) is 3. The Hall–Kier alpha value is -1.33. The molecule has 1 saturated heterocycles. The van der Waals surface area contributed by atoms with Crippen LogP contribution in [0.2, 0.25) is 0 Å². The van der Waals surface area contributed by atoms with Gasteiger partial charge in [-0.1, -0.05) is 17.4 Å². The van der Waals surface area contributed by atoms with Crippen LogP contribution in [0.4, 0.5) is 5.13 Å². The van der Waals surface area contributed by atoms with Gasteiger partial charge in [-0.2, -0.15) is 8.99 Å². The topological polar surface area (TPSA) is 71.7 Å². The van der Waals surface area contributed by atoms with Gasteiger partial charge in [0.1, 0.15) is 0 Å². The van der Waals surface area contributed by atoms with Crippen molar-refractivity contribution >= 4 is 38.7 Å². The Morgan fingerprint density at radius 3 is 2.54 bits per heavy atom. The van der Waals surface area contributed by atoms with Crippen LogP contribution >= 0.6 is 23.6 Å². The molecular weight excluding hydrogens is 390 g/mol. The van der Waals surface area contributed by atoms with E-state index in [9.17, 15) is 8.42 Å². The molecule has 0 bridgehead atoms. The van der Waals surface area contributed by atoms with Crippen LogP contribution in [-0.4, -0.2) is 55.7 Å². The van der Waals surface area contributed by atoms with Crippen molar-refractivity contribution in [3.8, 4) is 0 Å². The highest BCUT2D eigenvalue weighted by molar-refractivity contribution is 7.89. The highest BCUT2D eigenvalue weighted by atomic mass is 32.2. The van der Waals surface area contributed by atoms with Crippen molar-refractivity contribution in [2.24, 2.45) is 0 Å². The summed E-state index contributed by atoms with van der Waals surface area (Å²) in [6, 6.07) is 5.33. The molecule has 10 heteroatoms. The summed E-state index contributed by atoms with van der Waals surface area (Å²) in [5.41, 5.74) is 2.09. The minimum atomic E-state index is -3.44. The average Bonchev–Trinajstić information content (AvgIpc) is 2.97. The molecule has 1 aromatic carbocycles. The minimum absolute atomic E-state index is 0.379. The lowest BCUT2D eigenvalue weighted by atomic mass is 10.1. The van der Waals surface area contributed by atoms with Gasteiger partial charge in [0.25, 0.3) is 0 Å². The van der Waals surface area contributed by atoms with Crippen molar-refractivity contribution in [1.29, 1.82) is 0 Å². The van der Waals surface area contributed by atoms with E-state index in [2.05, 4.69) is 10.4 Å². The number of hydrogen-bond donors (Lipinski definition) is 2. The molecule has 2 heterocycles. The fourth-order valence-corrected chi connectivity index (χ4v) is 5.43. The van der Waals surface area contributed by atoms with Crippen molar-refractivity contribution in [1.82, 2.24) is 14.1 Å². The monoisotopic (exact) mass is 414 g/mol. The Balaban J connectivity index is 1.66. The maximum atomic E-state index is 12.9. The second-order valence-corrected chi connectivity index (χ2v) is 10.0. The molecule has 7 nitrogen and oxygen atoms in total. The van der Waals surface area contributed by atoms with E-state index in [1.807, 2.05) is 31.6 Å². The van der Waals surface area contributed by atoms with Gasteiger partial charge in [0.2, 0.25) is 15.2 Å².